The summed E-state index contributed by atoms with van der Waals surface area (Å²) in [5.41, 5.74) is 20.6. The van der Waals surface area contributed by atoms with Crippen molar-refractivity contribution in [2.24, 2.45) is 0 Å². The van der Waals surface area contributed by atoms with Crippen LogP contribution in [0, 0.1) is 10.1 Å². The summed E-state index contributed by atoms with van der Waals surface area (Å²) in [6.45, 7) is 56.3. The third-order valence-corrected chi connectivity index (χ3v) is 29.5. The summed E-state index contributed by atoms with van der Waals surface area (Å²) in [5, 5.41) is 15.7. The molecule has 20 heteroatoms. The molecule has 1 fully saturated rings. The normalized spacial score (nSPS) is 22.2. The summed E-state index contributed by atoms with van der Waals surface area (Å²) in [6, 6.07) is 51.0. The molecule has 1 saturated carbocycles. The SMILES string of the molecule is C=CC1(C)C(=CC2=[N+](C)CCO2)N(CCC)c2ccccc21.CCCN1C(=CC2=[N+](C)CCN2C)C(C)(C)c2cc([N+](=O)[O-])ccc21.CCCN1C(=CC2=[N+](CC)CCN2CC)C(C)(C)c2cc(Cl)ccc21.CCCN1C(=CC2=[N+](CC)CCO2)C(C)(Cc2ccccc2)c2cc(Cl)ccc21.CCCN1C(=CC2=[N+](CC)CCO2)C2(CCCCC2)c2c1ccc1ccccc21. The molecule has 0 radical (unpaired) electrons. The highest BCUT2D eigenvalue weighted by molar-refractivity contribution is 6.31. The predicted molar refractivity (Wildman–Crippen MR) is 543 cm³/mol. The van der Waals surface area contributed by atoms with Crippen molar-refractivity contribution in [1.29, 1.82) is 0 Å². The second-order valence-electron chi connectivity index (χ2n) is 38.0. The van der Waals surface area contributed by atoms with E-state index in [1.54, 1.807) is 17.7 Å². The van der Waals surface area contributed by atoms with Crippen molar-refractivity contribution in [2.75, 3.05) is 170 Å². The van der Waals surface area contributed by atoms with Crippen LogP contribution in [0.5, 0.6) is 0 Å². The molecular weight excluding hydrogens is 1650 g/mol. The zero-order valence-electron chi connectivity index (χ0n) is 81.4. The van der Waals surface area contributed by atoms with Crippen LogP contribution < -0.4 is 24.5 Å². The summed E-state index contributed by atoms with van der Waals surface area (Å²) in [6.07, 6.45) is 26.5. The highest BCUT2D eigenvalue weighted by atomic mass is 35.5. The molecule has 0 N–H and O–H groups in total. The Morgan fingerprint density at radius 1 is 0.462 bits per heavy atom. The van der Waals surface area contributed by atoms with E-state index >= 15 is 0 Å². The molecule has 1 spiro atoms. The monoisotopic (exact) mass is 1800 g/mol. The summed E-state index contributed by atoms with van der Waals surface area (Å²) in [4.78, 5) is 28.0. The first-order chi connectivity index (χ1) is 62.7. The minimum Gasteiger partial charge on any atom is -0.438 e. The lowest BCUT2D eigenvalue weighted by Crippen LogP contribution is -2.34. The second-order valence-corrected chi connectivity index (χ2v) is 38.9. The molecule has 7 aromatic carbocycles. The van der Waals surface area contributed by atoms with E-state index in [9.17, 15) is 10.1 Å². The molecule has 0 bridgehead atoms. The number of nitro groups is 1. The Kier molecular flexibility index (Phi) is 30.3. The number of non-ortho nitro benzene ring substituents is 1. The first kappa shape index (κ1) is 95.6. The van der Waals surface area contributed by atoms with Crippen LogP contribution in [0.2, 0.25) is 10.0 Å². The number of rotatable bonds is 23. The number of amidine groups is 2. The number of nitro benzene ring substituents is 1. The van der Waals surface area contributed by atoms with Gasteiger partial charge in [-0.1, -0.05) is 190 Å². The molecule has 2 atom stereocenters. The van der Waals surface area contributed by atoms with Crippen molar-refractivity contribution in [1.82, 2.24) is 9.80 Å². The molecule has 7 aromatic rings. The number of halogens is 2. The van der Waals surface area contributed by atoms with Gasteiger partial charge in [-0.3, -0.25) is 29.1 Å². The van der Waals surface area contributed by atoms with Crippen molar-refractivity contribution in [3.8, 4) is 0 Å². The van der Waals surface area contributed by atoms with Crippen LogP contribution in [0.25, 0.3) is 10.8 Å². The number of ether oxygens (including phenoxy) is 3. The average Bonchev–Trinajstić information content (AvgIpc) is 1.54. The molecule has 18 rings (SSSR count). The van der Waals surface area contributed by atoms with Gasteiger partial charge >= 0.3 is 17.7 Å². The van der Waals surface area contributed by atoms with E-state index in [2.05, 4.69) is 340 Å². The van der Waals surface area contributed by atoms with Crippen molar-refractivity contribution in [3.63, 3.8) is 0 Å². The van der Waals surface area contributed by atoms with Crippen LogP contribution in [0.1, 0.15) is 201 Å². The van der Waals surface area contributed by atoms with Gasteiger partial charge in [-0.05, 0) is 192 Å². The zero-order chi connectivity index (χ0) is 92.6. The molecule has 690 valence electrons. The van der Waals surface area contributed by atoms with Gasteiger partial charge in [0, 0.05) is 146 Å². The average molecular weight is 1800 g/mol. The Bertz CT molecular complexity index is 5690. The van der Waals surface area contributed by atoms with E-state index in [4.69, 9.17) is 37.4 Å². The molecule has 130 heavy (non-hydrogen) atoms. The van der Waals surface area contributed by atoms with E-state index in [1.807, 2.05) is 18.2 Å². The molecule has 10 aliphatic heterocycles. The van der Waals surface area contributed by atoms with Crippen LogP contribution >= 0.6 is 23.2 Å². The Morgan fingerprint density at radius 3 is 1.50 bits per heavy atom. The standard InChI is InChI=1S/C26H33N2O.C25H30ClN2O.C21H31ClN3.C19H27N4O2.C19H25N2O/c1-3-16-28-22-13-12-20-10-6-7-11-21(20)25(22)26(14-8-5-9-15-26)23(28)19-24-27(4-2)17-18-29-24;1-4-13-28-22-12-11-20(26)16-21(22)25(3,18-19-9-7-6-8-10-19)23(28)17-24-27(5-2)14-15-29-24;1-6-11-25-18-10-9-16(22)14-17(18)21(4,5)19(25)15-20-23(7-2)12-13-24(20)8-3;1-6-9-22-16-8-7-14(23(24)25)12-15(16)19(2,3)17(22)13-18-20(4)10-11-21(18)5;1-5-11-21-16-10-8-7-9-15(16)19(3,6-2)17(21)14-18-20(4)12-13-22-18/h6-7,10-13,19H,3-5,8-9,14-18H2,1-2H3;6-12,16-17H,4-5,13-15,18H2,1-3H3;9-10,14-15H,6-8,11-13H2,1-5H3;7-8,12-13H,6,9-11H2,1-5H3;6-10,14H,2,5,11-13H2,1,3-4H3/q5*+1. The van der Waals surface area contributed by atoms with Crippen LogP contribution in [0.4, 0.5) is 34.1 Å². The first-order valence-corrected chi connectivity index (χ1v) is 49.5. The van der Waals surface area contributed by atoms with E-state index in [-0.39, 0.29) is 37.7 Å². The topological polar surface area (TPSA) is 109 Å². The minimum absolute atomic E-state index is 0.0379. The van der Waals surface area contributed by atoms with Gasteiger partial charge in [0.1, 0.15) is 46.3 Å². The number of fused-ring (bicyclic) bond motifs is 8. The summed E-state index contributed by atoms with van der Waals surface area (Å²) < 4.78 is 29.5. The van der Waals surface area contributed by atoms with Crippen LogP contribution in [0.3, 0.4) is 0 Å². The number of hydrogen-bond donors (Lipinski definition) is 0. The fraction of sp³-hybridized carbons (Fsp3) is 0.482. The smallest absolute Gasteiger partial charge is 0.364 e. The zero-order valence-corrected chi connectivity index (χ0v) is 82.9. The highest BCUT2D eigenvalue weighted by Crippen LogP contribution is 2.59. The Labute approximate surface area is 786 Å². The van der Waals surface area contributed by atoms with Gasteiger partial charge < -0.3 is 38.7 Å². The quantitative estimate of drug-likeness (QED) is 0.0263. The third-order valence-electron chi connectivity index (χ3n) is 29.0. The lowest BCUT2D eigenvalue weighted by Gasteiger charge is -2.37. The number of allylic oxidation sites excluding steroid dienone is 5. The number of hydrogen-bond acceptors (Lipinski definition) is 12. The van der Waals surface area contributed by atoms with Crippen molar-refractivity contribution in [2.45, 2.75) is 202 Å². The Balaban J connectivity index is 0.000000132. The van der Waals surface area contributed by atoms with Crippen molar-refractivity contribution < 1.29 is 42.0 Å². The van der Waals surface area contributed by atoms with E-state index in [1.165, 1.54) is 128 Å². The lowest BCUT2D eigenvalue weighted by molar-refractivity contribution is -0.514. The summed E-state index contributed by atoms with van der Waals surface area (Å²) in [5.74, 6) is 5.59. The van der Waals surface area contributed by atoms with Crippen LogP contribution in [-0.2, 0) is 47.7 Å². The van der Waals surface area contributed by atoms with Gasteiger partial charge in [-0.15, -0.1) is 6.58 Å². The predicted octanol–water partition coefficient (Wildman–Crippen LogP) is 21.8. The van der Waals surface area contributed by atoms with Gasteiger partial charge in [0.25, 0.3) is 17.4 Å². The van der Waals surface area contributed by atoms with Gasteiger partial charge in [-0.25, -0.2) is 0 Å². The minimum atomic E-state index is -0.310. The van der Waals surface area contributed by atoms with Crippen LogP contribution in [-0.4, -0.2) is 213 Å². The number of nitrogens with zero attached hydrogens (tertiary/aromatic N) is 13. The number of likely N-dealkylation sites (N-methyl/N-ethyl adjacent to an activating group) is 7. The first-order valence-electron chi connectivity index (χ1n) is 48.7. The molecule has 2 unspecified atom stereocenters. The molecular formula is C110H146Cl2N13O5+5. The highest BCUT2D eigenvalue weighted by Gasteiger charge is 2.52. The fourth-order valence-electron chi connectivity index (χ4n) is 22.0. The number of anilines is 5. The van der Waals surface area contributed by atoms with Crippen LogP contribution in [0.15, 0.2) is 217 Å². The summed E-state index contributed by atoms with van der Waals surface area (Å²) >= 11 is 12.8. The molecule has 11 aliphatic rings. The largest absolute Gasteiger partial charge is 0.438 e. The summed E-state index contributed by atoms with van der Waals surface area (Å²) in [7, 11) is 6.30. The maximum Gasteiger partial charge on any atom is 0.364 e. The van der Waals surface area contributed by atoms with Crippen molar-refractivity contribution >= 4 is 97.5 Å². The molecule has 18 nitrogen and oxygen atoms in total. The van der Waals surface area contributed by atoms with E-state index < -0.39 is 0 Å². The Hall–Kier alpha value is -10.4. The maximum absolute atomic E-state index is 11.2. The van der Waals surface area contributed by atoms with Crippen molar-refractivity contribution in [3.05, 3.63) is 271 Å². The van der Waals surface area contributed by atoms with E-state index in [0.29, 0.717) is 0 Å². The number of para-hydroxylation sites is 1. The molecule has 10 heterocycles. The van der Waals surface area contributed by atoms with Gasteiger partial charge in [0.05, 0.1) is 55.8 Å². The molecule has 0 saturated heterocycles. The number of benzene rings is 7. The fourth-order valence-corrected chi connectivity index (χ4v) is 22.3. The Morgan fingerprint density at radius 2 is 0.946 bits per heavy atom. The second kappa shape index (κ2) is 41.2. The molecule has 0 amide bonds. The molecule has 0 aromatic heterocycles. The lowest BCUT2D eigenvalue weighted by atomic mass is 9.67. The van der Waals surface area contributed by atoms with Gasteiger partial charge in [0.15, 0.2) is 39.5 Å². The maximum atomic E-state index is 11.2. The molecule has 1 aliphatic carbocycles. The third kappa shape index (κ3) is 18.7. The van der Waals surface area contributed by atoms with Gasteiger partial charge in [-0.2, -0.15) is 13.7 Å². The van der Waals surface area contributed by atoms with Gasteiger partial charge in [0.2, 0.25) is 0 Å². The van der Waals surface area contributed by atoms with E-state index in [0.717, 1.165) is 202 Å².